The van der Waals surface area contributed by atoms with Crippen molar-refractivity contribution in [2.45, 2.75) is 6.92 Å². The summed E-state index contributed by atoms with van der Waals surface area (Å²) < 4.78 is 4.20. The van der Waals surface area contributed by atoms with Crippen LogP contribution in [0, 0.1) is 10.9 Å². The highest BCUT2D eigenvalue weighted by atomic mass is 32.1. The molecule has 0 radical (unpaired) electrons. The van der Waals surface area contributed by atoms with Crippen LogP contribution in [0.2, 0.25) is 0 Å². The molecular formula is C14H12N4OS2. The molecule has 3 rings (SSSR count). The Balaban J connectivity index is 2.18. The average molecular weight is 316 g/mol. The van der Waals surface area contributed by atoms with Gasteiger partial charge in [0.15, 0.2) is 9.60 Å². The molecule has 0 aliphatic rings. The molecule has 2 heterocycles. The second kappa shape index (κ2) is 5.34. The van der Waals surface area contributed by atoms with E-state index in [1.54, 1.807) is 17.7 Å². The number of thiazole rings is 1. The van der Waals surface area contributed by atoms with Crippen LogP contribution >= 0.6 is 23.6 Å². The Morgan fingerprint density at radius 2 is 2.05 bits per heavy atom. The third-order valence-electron chi connectivity index (χ3n) is 3.07. The minimum absolute atomic E-state index is 0.193. The molecule has 0 aliphatic carbocycles. The maximum atomic E-state index is 12.5. The molecule has 5 nitrogen and oxygen atoms in total. The Morgan fingerprint density at radius 1 is 1.33 bits per heavy atom. The van der Waals surface area contributed by atoms with Crippen LogP contribution in [0.1, 0.15) is 11.4 Å². The first-order valence-electron chi connectivity index (χ1n) is 6.26. The highest BCUT2D eigenvalue weighted by Gasteiger charge is 2.12. The van der Waals surface area contributed by atoms with Gasteiger partial charge in [-0.3, -0.25) is 4.79 Å². The molecule has 0 saturated carbocycles. The molecule has 0 amide bonds. The monoisotopic (exact) mass is 316 g/mol. The zero-order valence-corrected chi connectivity index (χ0v) is 13.1. The molecule has 0 N–H and O–H groups in total. The molecule has 0 spiro atoms. The van der Waals surface area contributed by atoms with Gasteiger partial charge in [0, 0.05) is 7.05 Å². The molecule has 0 saturated heterocycles. The van der Waals surface area contributed by atoms with Crippen molar-refractivity contribution in [1.29, 1.82) is 0 Å². The lowest BCUT2D eigenvalue weighted by atomic mass is 10.2. The predicted octanol–water partition coefficient (Wildman–Crippen LogP) is 2.72. The summed E-state index contributed by atoms with van der Waals surface area (Å²) in [6.45, 7) is 1.75. The van der Waals surface area contributed by atoms with Gasteiger partial charge >= 0.3 is 0 Å². The summed E-state index contributed by atoms with van der Waals surface area (Å²) >= 11 is 6.45. The fourth-order valence-corrected chi connectivity index (χ4v) is 3.13. The van der Waals surface area contributed by atoms with E-state index in [-0.39, 0.29) is 5.56 Å². The van der Waals surface area contributed by atoms with E-state index < -0.39 is 0 Å². The Bertz CT molecular complexity index is 951. The molecule has 0 fully saturated rings. The van der Waals surface area contributed by atoms with Gasteiger partial charge in [-0.15, -0.1) is 0 Å². The normalized spacial score (nSPS) is 11.5. The van der Waals surface area contributed by atoms with E-state index in [4.69, 9.17) is 12.2 Å². The van der Waals surface area contributed by atoms with Crippen LogP contribution in [0.4, 0.5) is 0 Å². The van der Waals surface area contributed by atoms with Crippen LogP contribution in [0.25, 0.3) is 10.3 Å². The van der Waals surface area contributed by atoms with Crippen LogP contribution in [0.5, 0.6) is 0 Å². The first-order chi connectivity index (χ1) is 10.1. The summed E-state index contributed by atoms with van der Waals surface area (Å²) in [5.74, 6) is 0.531. The molecule has 2 aromatic heterocycles. The standard InChI is InChI=1S/C14H12N4OS2/c1-9-16-12-11(21-14(20)17(12)2)13(19)18(9)15-8-10-6-4-3-5-7-10/h3-8H,1-2H3/b15-8-. The summed E-state index contributed by atoms with van der Waals surface area (Å²) in [6, 6.07) is 9.60. The van der Waals surface area contributed by atoms with E-state index in [0.29, 0.717) is 20.1 Å². The second-order valence-corrected chi connectivity index (χ2v) is 6.16. The lowest BCUT2D eigenvalue weighted by Gasteiger charge is -2.03. The summed E-state index contributed by atoms with van der Waals surface area (Å²) in [5, 5.41) is 4.24. The van der Waals surface area contributed by atoms with Crippen LogP contribution < -0.4 is 5.56 Å². The quantitative estimate of drug-likeness (QED) is 0.539. The molecular weight excluding hydrogens is 304 g/mol. The van der Waals surface area contributed by atoms with Crippen molar-refractivity contribution < 1.29 is 0 Å². The maximum Gasteiger partial charge on any atom is 0.293 e. The number of fused-ring (bicyclic) bond motifs is 1. The fourth-order valence-electron chi connectivity index (χ4n) is 1.95. The third kappa shape index (κ3) is 2.45. The van der Waals surface area contributed by atoms with Gasteiger partial charge in [-0.25, -0.2) is 4.98 Å². The smallest absolute Gasteiger partial charge is 0.293 e. The molecule has 3 aromatic rings. The lowest BCUT2D eigenvalue weighted by Crippen LogP contribution is -2.20. The van der Waals surface area contributed by atoms with Gasteiger partial charge in [0.05, 0.1) is 6.21 Å². The van der Waals surface area contributed by atoms with E-state index in [2.05, 4.69) is 10.1 Å². The number of hydrogen-bond donors (Lipinski definition) is 0. The summed E-state index contributed by atoms with van der Waals surface area (Å²) in [6.07, 6.45) is 1.64. The number of aromatic nitrogens is 3. The highest BCUT2D eigenvalue weighted by Crippen LogP contribution is 2.16. The number of hydrogen-bond acceptors (Lipinski definition) is 5. The third-order valence-corrected chi connectivity index (χ3v) is 4.60. The Kier molecular flexibility index (Phi) is 3.52. The molecule has 0 aliphatic heterocycles. The van der Waals surface area contributed by atoms with Crippen molar-refractivity contribution >= 4 is 40.1 Å². The number of aryl methyl sites for hydroxylation is 2. The van der Waals surface area contributed by atoms with E-state index in [0.717, 1.165) is 5.56 Å². The van der Waals surface area contributed by atoms with Gasteiger partial charge in [-0.2, -0.15) is 9.78 Å². The van der Waals surface area contributed by atoms with Gasteiger partial charge in [0.2, 0.25) is 0 Å². The molecule has 7 heteroatoms. The van der Waals surface area contributed by atoms with Gasteiger partial charge in [-0.1, -0.05) is 41.7 Å². The minimum atomic E-state index is -0.193. The van der Waals surface area contributed by atoms with Crippen LogP contribution in [-0.2, 0) is 7.05 Å². The van der Waals surface area contributed by atoms with Crippen molar-refractivity contribution in [2.24, 2.45) is 12.1 Å². The number of nitrogens with zero attached hydrogens (tertiary/aromatic N) is 4. The van der Waals surface area contributed by atoms with Crippen molar-refractivity contribution in [3.8, 4) is 0 Å². The zero-order chi connectivity index (χ0) is 15.0. The Morgan fingerprint density at radius 3 is 2.76 bits per heavy atom. The van der Waals surface area contributed by atoms with Crippen LogP contribution in [0.3, 0.4) is 0 Å². The molecule has 0 bridgehead atoms. The van der Waals surface area contributed by atoms with E-state index in [9.17, 15) is 4.79 Å². The lowest BCUT2D eigenvalue weighted by molar-refractivity contribution is 0.764. The first-order valence-corrected chi connectivity index (χ1v) is 7.49. The van der Waals surface area contributed by atoms with Gasteiger partial charge in [0.25, 0.3) is 5.56 Å². The SMILES string of the molecule is Cc1nc2c(sc(=S)n2C)c(=O)n1/N=C\c1ccccc1. The molecule has 1 aromatic carbocycles. The number of rotatable bonds is 2. The number of benzene rings is 1. The van der Waals surface area contributed by atoms with Gasteiger partial charge in [0.1, 0.15) is 10.5 Å². The highest BCUT2D eigenvalue weighted by molar-refractivity contribution is 7.73. The molecule has 0 unspecified atom stereocenters. The van der Waals surface area contributed by atoms with Crippen molar-refractivity contribution in [2.75, 3.05) is 0 Å². The average Bonchev–Trinajstić information content (AvgIpc) is 2.76. The fraction of sp³-hybridized carbons (Fsp3) is 0.143. The zero-order valence-electron chi connectivity index (χ0n) is 11.5. The molecule has 106 valence electrons. The van der Waals surface area contributed by atoms with Crippen LogP contribution in [0.15, 0.2) is 40.2 Å². The van der Waals surface area contributed by atoms with Crippen LogP contribution in [-0.4, -0.2) is 20.4 Å². The van der Waals surface area contributed by atoms with E-state index >= 15 is 0 Å². The van der Waals surface area contributed by atoms with Crippen molar-refractivity contribution in [1.82, 2.24) is 14.2 Å². The van der Waals surface area contributed by atoms with Gasteiger partial charge < -0.3 is 4.57 Å². The summed E-state index contributed by atoms with van der Waals surface area (Å²) in [4.78, 5) is 16.9. The van der Waals surface area contributed by atoms with E-state index in [1.165, 1.54) is 16.0 Å². The van der Waals surface area contributed by atoms with Crippen molar-refractivity contribution in [3.63, 3.8) is 0 Å². The predicted molar refractivity (Wildman–Crippen MR) is 87.9 cm³/mol. The van der Waals surface area contributed by atoms with Gasteiger partial charge in [-0.05, 0) is 24.7 Å². The largest absolute Gasteiger partial charge is 0.311 e. The Labute approximate surface area is 129 Å². The first kappa shape index (κ1) is 13.8. The van der Waals surface area contributed by atoms with Crippen molar-refractivity contribution in [3.05, 3.63) is 56.0 Å². The topological polar surface area (TPSA) is 52.2 Å². The minimum Gasteiger partial charge on any atom is -0.311 e. The maximum absolute atomic E-state index is 12.5. The summed E-state index contributed by atoms with van der Waals surface area (Å²) in [5.41, 5.74) is 1.34. The molecule has 0 atom stereocenters. The molecule has 21 heavy (non-hydrogen) atoms. The second-order valence-electron chi connectivity index (χ2n) is 4.51. The Hall–Kier alpha value is -2.12. The van der Waals surface area contributed by atoms with E-state index in [1.807, 2.05) is 37.4 Å². The summed E-state index contributed by atoms with van der Waals surface area (Å²) in [7, 11) is 1.81.